The molecule has 0 aliphatic heterocycles. The molecule has 7 nitrogen and oxygen atoms in total. The molecule has 0 radical (unpaired) electrons. The number of carbonyl (C=O) groups is 2. The lowest BCUT2D eigenvalue weighted by molar-refractivity contribution is -0.148. The van der Waals surface area contributed by atoms with Crippen LogP contribution in [0.15, 0.2) is 48.5 Å². The van der Waals surface area contributed by atoms with Crippen molar-refractivity contribution < 1.29 is 19.1 Å². The molecule has 3 aromatic rings. The van der Waals surface area contributed by atoms with Crippen molar-refractivity contribution in [1.82, 2.24) is 14.9 Å². The van der Waals surface area contributed by atoms with E-state index in [0.29, 0.717) is 16.6 Å². The first-order valence-corrected chi connectivity index (χ1v) is 9.59. The zero-order chi connectivity index (χ0) is 20.8. The van der Waals surface area contributed by atoms with Crippen molar-refractivity contribution in [3.8, 4) is 5.75 Å². The van der Waals surface area contributed by atoms with E-state index in [0.717, 1.165) is 11.0 Å². The second-order valence-corrected chi connectivity index (χ2v) is 7.10. The average molecular weight is 416 g/mol. The van der Waals surface area contributed by atoms with Gasteiger partial charge in [-0.1, -0.05) is 23.7 Å². The summed E-state index contributed by atoms with van der Waals surface area (Å²) in [5, 5.41) is 3.36. The zero-order valence-corrected chi connectivity index (χ0v) is 17.0. The highest BCUT2D eigenvalue weighted by Crippen LogP contribution is 2.17. The molecule has 0 spiro atoms. The molecule has 0 atom stereocenters. The summed E-state index contributed by atoms with van der Waals surface area (Å²) >= 11 is 5.83. The highest BCUT2D eigenvalue weighted by Gasteiger charge is 2.16. The lowest BCUT2D eigenvalue weighted by atomic mass is 10.3. The molecule has 0 saturated heterocycles. The van der Waals surface area contributed by atoms with Gasteiger partial charge in [0.25, 0.3) is 5.91 Å². The molecule has 152 valence electrons. The lowest BCUT2D eigenvalue weighted by Gasteiger charge is -2.12. The van der Waals surface area contributed by atoms with E-state index < -0.39 is 0 Å². The van der Waals surface area contributed by atoms with E-state index in [9.17, 15) is 9.59 Å². The molecule has 1 N–H and O–H groups in total. The molecule has 8 heteroatoms. The van der Waals surface area contributed by atoms with Gasteiger partial charge >= 0.3 is 5.97 Å². The Hall–Kier alpha value is -3.06. The molecule has 0 aliphatic rings. The normalized spacial score (nSPS) is 10.9. The minimum absolute atomic E-state index is 0.0190. The molecule has 0 aliphatic carbocycles. The van der Waals surface area contributed by atoms with Crippen LogP contribution in [0.5, 0.6) is 5.75 Å². The number of nitrogens with one attached hydrogen (secondary N) is 1. The van der Waals surface area contributed by atoms with E-state index in [1.807, 2.05) is 24.3 Å². The number of hydrogen-bond donors (Lipinski definition) is 1. The number of para-hydroxylation sites is 2. The van der Waals surface area contributed by atoms with E-state index in [2.05, 4.69) is 10.3 Å². The average Bonchev–Trinajstić information content (AvgIpc) is 3.03. The third kappa shape index (κ3) is 5.71. The van der Waals surface area contributed by atoms with Gasteiger partial charge in [-0.2, -0.15) is 0 Å². The van der Waals surface area contributed by atoms with Gasteiger partial charge in [0.15, 0.2) is 6.61 Å². The number of aromatic nitrogens is 2. The third-order valence-corrected chi connectivity index (χ3v) is 4.27. The van der Waals surface area contributed by atoms with Gasteiger partial charge in [0.2, 0.25) is 0 Å². The van der Waals surface area contributed by atoms with Crippen LogP contribution in [0.4, 0.5) is 0 Å². The Kier molecular flexibility index (Phi) is 6.72. The van der Waals surface area contributed by atoms with Crippen LogP contribution in [0, 0.1) is 0 Å². The number of fused-ring (bicyclic) bond motifs is 1. The molecule has 2 aromatic carbocycles. The molecule has 0 fully saturated rings. The van der Waals surface area contributed by atoms with Crippen LogP contribution < -0.4 is 10.1 Å². The summed E-state index contributed by atoms with van der Waals surface area (Å²) in [6.07, 6.45) is -0.203. The van der Waals surface area contributed by atoms with Crippen molar-refractivity contribution in [1.29, 1.82) is 0 Å². The molecule has 0 bridgehead atoms. The number of amides is 1. The second kappa shape index (κ2) is 9.43. The number of halogens is 1. The van der Waals surface area contributed by atoms with Gasteiger partial charge < -0.3 is 19.4 Å². The van der Waals surface area contributed by atoms with Crippen LogP contribution in [0.3, 0.4) is 0 Å². The van der Waals surface area contributed by atoms with Crippen LogP contribution in [-0.2, 0) is 27.4 Å². The van der Waals surface area contributed by atoms with E-state index in [1.165, 1.54) is 0 Å². The minimum Gasteiger partial charge on any atom is -0.484 e. The fourth-order valence-electron chi connectivity index (χ4n) is 2.77. The van der Waals surface area contributed by atoms with E-state index in [4.69, 9.17) is 21.1 Å². The SMILES string of the molecule is CC(C)OC(=O)Cn1c(CNC(=O)COc2ccc(Cl)cc2)nc2ccccc21. The lowest BCUT2D eigenvalue weighted by Crippen LogP contribution is -2.30. The summed E-state index contributed by atoms with van der Waals surface area (Å²) in [5.74, 6) is 0.449. The van der Waals surface area contributed by atoms with Crippen molar-refractivity contribution in [2.45, 2.75) is 33.0 Å². The fourth-order valence-corrected chi connectivity index (χ4v) is 2.90. The Morgan fingerprint density at radius 2 is 1.86 bits per heavy atom. The zero-order valence-electron chi connectivity index (χ0n) is 16.2. The predicted molar refractivity (Wildman–Crippen MR) is 110 cm³/mol. The van der Waals surface area contributed by atoms with Crippen molar-refractivity contribution >= 4 is 34.5 Å². The number of rotatable bonds is 8. The van der Waals surface area contributed by atoms with E-state index >= 15 is 0 Å². The summed E-state index contributed by atoms with van der Waals surface area (Å²) < 4.78 is 12.4. The first-order chi connectivity index (χ1) is 13.9. The number of ether oxygens (including phenoxy) is 2. The van der Waals surface area contributed by atoms with Crippen LogP contribution >= 0.6 is 11.6 Å². The van der Waals surface area contributed by atoms with Crippen LogP contribution in [0.25, 0.3) is 11.0 Å². The second-order valence-electron chi connectivity index (χ2n) is 6.66. The Labute approximate surface area is 173 Å². The van der Waals surface area contributed by atoms with Crippen molar-refractivity contribution in [3.63, 3.8) is 0 Å². The first kappa shape index (κ1) is 20.7. The van der Waals surface area contributed by atoms with Gasteiger partial charge in [-0.05, 0) is 50.2 Å². The van der Waals surface area contributed by atoms with Crippen molar-refractivity contribution in [3.05, 3.63) is 59.4 Å². The number of benzene rings is 2. The topological polar surface area (TPSA) is 82.5 Å². The maximum absolute atomic E-state index is 12.2. The summed E-state index contributed by atoms with van der Waals surface area (Å²) in [7, 11) is 0. The highest BCUT2D eigenvalue weighted by atomic mass is 35.5. The molecule has 1 aromatic heterocycles. The Morgan fingerprint density at radius 1 is 1.14 bits per heavy atom. The van der Waals surface area contributed by atoms with Crippen LogP contribution in [0.1, 0.15) is 19.7 Å². The van der Waals surface area contributed by atoms with Gasteiger partial charge in [-0.15, -0.1) is 0 Å². The molecular weight excluding hydrogens is 394 g/mol. The van der Waals surface area contributed by atoms with Crippen LogP contribution in [0.2, 0.25) is 5.02 Å². The summed E-state index contributed by atoms with van der Waals surface area (Å²) in [5.41, 5.74) is 1.54. The summed E-state index contributed by atoms with van der Waals surface area (Å²) in [4.78, 5) is 28.8. The predicted octanol–water partition coefficient (Wildman–Crippen LogP) is 3.34. The first-order valence-electron chi connectivity index (χ1n) is 9.21. The molecule has 0 unspecified atom stereocenters. The number of hydrogen-bond acceptors (Lipinski definition) is 5. The fraction of sp³-hybridized carbons (Fsp3) is 0.286. The number of esters is 1. The Bertz CT molecular complexity index is 999. The number of carbonyl (C=O) groups excluding carboxylic acids is 2. The monoisotopic (exact) mass is 415 g/mol. The quantitative estimate of drug-likeness (QED) is 0.570. The number of imidazole rings is 1. The van der Waals surface area contributed by atoms with Gasteiger partial charge in [0.1, 0.15) is 18.1 Å². The van der Waals surface area contributed by atoms with E-state index in [1.54, 1.807) is 42.7 Å². The maximum atomic E-state index is 12.2. The number of nitrogens with zero attached hydrogens (tertiary/aromatic N) is 2. The molecule has 1 amide bonds. The largest absolute Gasteiger partial charge is 0.484 e. The molecule has 0 saturated carbocycles. The smallest absolute Gasteiger partial charge is 0.326 e. The summed E-state index contributed by atoms with van der Waals surface area (Å²) in [6, 6.07) is 14.2. The molecule has 3 rings (SSSR count). The van der Waals surface area contributed by atoms with Gasteiger partial charge in [0.05, 0.1) is 23.7 Å². The van der Waals surface area contributed by atoms with Gasteiger partial charge in [-0.3, -0.25) is 9.59 Å². The third-order valence-electron chi connectivity index (χ3n) is 4.02. The van der Waals surface area contributed by atoms with E-state index in [-0.39, 0.29) is 37.7 Å². The molecule has 29 heavy (non-hydrogen) atoms. The summed E-state index contributed by atoms with van der Waals surface area (Å²) in [6.45, 7) is 3.63. The minimum atomic E-state index is -0.359. The maximum Gasteiger partial charge on any atom is 0.326 e. The van der Waals surface area contributed by atoms with Crippen LogP contribution in [-0.4, -0.2) is 34.1 Å². The van der Waals surface area contributed by atoms with Crippen molar-refractivity contribution in [2.24, 2.45) is 0 Å². The highest BCUT2D eigenvalue weighted by molar-refractivity contribution is 6.30. The Balaban J connectivity index is 1.65. The Morgan fingerprint density at radius 3 is 2.59 bits per heavy atom. The molecular formula is C21H22ClN3O4. The van der Waals surface area contributed by atoms with Gasteiger partial charge in [-0.25, -0.2) is 4.98 Å². The standard InChI is InChI=1S/C21H22ClN3O4/c1-14(2)29-21(27)12-25-18-6-4-3-5-17(18)24-19(25)11-23-20(26)13-28-16-9-7-15(22)8-10-16/h3-10,14H,11-13H2,1-2H3,(H,23,26). The molecule has 1 heterocycles. The van der Waals surface area contributed by atoms with Gasteiger partial charge in [0, 0.05) is 5.02 Å². The van der Waals surface area contributed by atoms with Crippen molar-refractivity contribution in [2.75, 3.05) is 6.61 Å².